The summed E-state index contributed by atoms with van der Waals surface area (Å²) in [6.45, 7) is 2.02. The number of hydrogen-bond donors (Lipinski definition) is 4. The van der Waals surface area contributed by atoms with Gasteiger partial charge >= 0.3 is 18.0 Å². The first-order valence-corrected chi connectivity index (χ1v) is 18.1. The lowest BCUT2D eigenvalue weighted by molar-refractivity contribution is -0.143. The highest BCUT2D eigenvalue weighted by molar-refractivity contribution is 5.88. The van der Waals surface area contributed by atoms with Gasteiger partial charge in [-0.3, -0.25) is 30.3 Å². The molecule has 4 aliphatic rings. The van der Waals surface area contributed by atoms with E-state index in [0.717, 1.165) is 28.8 Å². The van der Waals surface area contributed by atoms with Crippen LogP contribution in [0.5, 0.6) is 0 Å². The number of urea groups is 2. The average molecular weight is 752 g/mol. The van der Waals surface area contributed by atoms with Crippen molar-refractivity contribution in [2.45, 2.75) is 69.6 Å². The van der Waals surface area contributed by atoms with E-state index in [2.05, 4.69) is 20.7 Å². The van der Waals surface area contributed by atoms with E-state index >= 15 is 0 Å². The predicted molar refractivity (Wildman–Crippen MR) is 200 cm³/mol. The van der Waals surface area contributed by atoms with E-state index in [4.69, 9.17) is 20.6 Å². The minimum Gasteiger partial charge on any atom is -0.480 e. The van der Waals surface area contributed by atoms with Crippen molar-refractivity contribution < 1.29 is 34.0 Å². The van der Waals surface area contributed by atoms with Crippen LogP contribution in [0, 0.1) is 0 Å². The highest BCUT2D eigenvalue weighted by Gasteiger charge is 2.49. The van der Waals surface area contributed by atoms with Crippen molar-refractivity contribution in [3.63, 3.8) is 0 Å². The van der Waals surface area contributed by atoms with Gasteiger partial charge in [0, 0.05) is 38.2 Å². The molecule has 288 valence electrons. The molecule has 0 aliphatic carbocycles. The highest BCUT2D eigenvalue weighted by Crippen LogP contribution is 2.32. The van der Waals surface area contributed by atoms with Crippen molar-refractivity contribution >= 4 is 29.6 Å². The number of piperidine rings is 2. The number of hydroxylamine groups is 4. The number of aromatic nitrogens is 2. The number of pyridine rings is 2. The summed E-state index contributed by atoms with van der Waals surface area (Å²) in [4.78, 5) is 70.9. The first-order chi connectivity index (χ1) is 26.8. The molecule has 16 nitrogen and oxygen atoms in total. The molecule has 55 heavy (non-hydrogen) atoms. The summed E-state index contributed by atoms with van der Waals surface area (Å²) < 4.78 is 0. The van der Waals surface area contributed by atoms with Crippen LogP contribution in [-0.2, 0) is 39.0 Å². The van der Waals surface area contributed by atoms with Crippen molar-refractivity contribution in [3.8, 4) is 0 Å². The Morgan fingerprint density at radius 2 is 1.20 bits per heavy atom. The molecule has 8 rings (SSSR count). The van der Waals surface area contributed by atoms with Crippen molar-refractivity contribution in [1.82, 2.24) is 35.2 Å². The largest absolute Gasteiger partial charge is 0.480 e. The van der Waals surface area contributed by atoms with Crippen LogP contribution in [0.2, 0.25) is 0 Å². The van der Waals surface area contributed by atoms with E-state index in [-0.39, 0.29) is 30.1 Å². The Morgan fingerprint density at radius 1 is 0.691 bits per heavy atom. The molecule has 0 spiro atoms. The number of fused-ring (bicyclic) bond motifs is 4. The highest BCUT2D eigenvalue weighted by atomic mass is 16.7. The third-order valence-corrected chi connectivity index (χ3v) is 9.68. The van der Waals surface area contributed by atoms with Crippen molar-refractivity contribution in [2.24, 2.45) is 5.84 Å². The molecule has 16 heteroatoms. The Balaban J connectivity index is 0.000000160. The van der Waals surface area contributed by atoms with Crippen LogP contribution >= 0.6 is 0 Å². The van der Waals surface area contributed by atoms with Gasteiger partial charge in [-0.15, -0.1) is 0 Å². The van der Waals surface area contributed by atoms with Gasteiger partial charge in [0.25, 0.3) is 0 Å². The van der Waals surface area contributed by atoms with Crippen LogP contribution in [0.25, 0.3) is 0 Å². The summed E-state index contributed by atoms with van der Waals surface area (Å²) >= 11 is 0. The van der Waals surface area contributed by atoms with E-state index in [1.54, 1.807) is 29.7 Å². The molecule has 5 N–H and O–H groups in total. The summed E-state index contributed by atoms with van der Waals surface area (Å²) in [6, 6.07) is 25.0. The summed E-state index contributed by atoms with van der Waals surface area (Å²) in [5.74, 6) is 3.99. The Morgan fingerprint density at radius 3 is 1.67 bits per heavy atom. The molecule has 4 aromatic rings. The fraction of sp³-hybridized carbons (Fsp3) is 0.333. The first kappa shape index (κ1) is 38.6. The van der Waals surface area contributed by atoms with Crippen LogP contribution in [0.1, 0.15) is 42.4 Å². The van der Waals surface area contributed by atoms with Gasteiger partial charge in [0.05, 0.1) is 24.0 Å². The van der Waals surface area contributed by atoms with Gasteiger partial charge in [-0.2, -0.15) is 10.1 Å². The predicted octanol–water partition coefficient (Wildman–Crippen LogP) is 3.94. The lowest BCUT2D eigenvalue weighted by atomic mass is 10.0. The molecule has 4 fully saturated rings. The molecule has 2 aromatic heterocycles. The number of hydrazine groups is 1. The van der Waals surface area contributed by atoms with Crippen LogP contribution < -0.4 is 16.6 Å². The second-order valence-corrected chi connectivity index (χ2v) is 13.3. The maximum absolute atomic E-state index is 12.7. The Hall–Kier alpha value is -6.10. The first-order valence-electron chi connectivity index (χ1n) is 18.1. The van der Waals surface area contributed by atoms with E-state index in [1.807, 2.05) is 84.9 Å². The van der Waals surface area contributed by atoms with Crippen LogP contribution in [0.4, 0.5) is 15.3 Å². The number of nitrogens with zero attached hydrogens (tertiary/aromatic N) is 6. The Bertz CT molecular complexity index is 1860. The molecule has 4 aliphatic heterocycles. The zero-order chi connectivity index (χ0) is 38.6. The van der Waals surface area contributed by atoms with E-state index in [9.17, 15) is 19.2 Å². The summed E-state index contributed by atoms with van der Waals surface area (Å²) in [6.07, 6.45) is 9.30. The third kappa shape index (κ3) is 9.91. The number of carbonyl (C=O) groups is 4. The summed E-state index contributed by atoms with van der Waals surface area (Å²) in [7, 11) is 0. The Kier molecular flexibility index (Phi) is 13.2. The molecule has 5 amide bonds. The topological polar surface area (TPSA) is 196 Å². The van der Waals surface area contributed by atoms with E-state index < -0.39 is 18.1 Å². The van der Waals surface area contributed by atoms with E-state index in [1.165, 1.54) is 15.0 Å². The van der Waals surface area contributed by atoms with Gasteiger partial charge in [0.2, 0.25) is 5.91 Å². The number of benzene rings is 2. The number of rotatable bonds is 11. The van der Waals surface area contributed by atoms with E-state index in [0.29, 0.717) is 52.1 Å². The lowest BCUT2D eigenvalue weighted by Gasteiger charge is -2.29. The molecule has 0 saturated carbocycles. The molecule has 2 aromatic carbocycles. The zero-order valence-corrected chi connectivity index (χ0v) is 30.2. The molecule has 0 unspecified atom stereocenters. The number of carboxylic acid groups (broad SMARTS) is 1. The fourth-order valence-corrected chi connectivity index (χ4v) is 6.82. The van der Waals surface area contributed by atoms with Crippen LogP contribution in [0.15, 0.2) is 110 Å². The third-order valence-electron chi connectivity index (χ3n) is 9.68. The molecular weight excluding hydrogens is 706 g/mol. The van der Waals surface area contributed by atoms with Gasteiger partial charge in [-0.05, 0) is 60.6 Å². The fourth-order valence-electron chi connectivity index (χ4n) is 6.82. The molecular formula is C39H45N9O7. The lowest BCUT2D eigenvalue weighted by Crippen LogP contribution is -2.49. The standard InChI is InChI=1S/C20H22N4O3.C14H16N2O4.C5H7N3/c25-19(22-12-16-7-4-10-21-11-16)18-9-8-17-13-23(18)20(26)24(17)27-14-15-5-2-1-3-6-15;17-13(18)12-7-6-11-8-15(12)14(19)16(11)20-9-10-4-2-1-3-5-10;6-8-5-2-1-3-7-4-5/h1-7,10-11,17-18H,8-9,12-14H2,(H,22,25);1-5,11-12H,6-9H2,(H,17,18);1-4,8H,6H2/t17-,18+;11-,12+;/m11./s1. The van der Waals surface area contributed by atoms with Crippen molar-refractivity contribution in [3.05, 3.63) is 126 Å². The maximum Gasteiger partial charge on any atom is 0.345 e. The monoisotopic (exact) mass is 751 g/mol. The van der Waals surface area contributed by atoms with Gasteiger partial charge in [-0.25, -0.2) is 14.4 Å². The minimum absolute atomic E-state index is 0.00332. The van der Waals surface area contributed by atoms with Gasteiger partial charge in [0.15, 0.2) is 0 Å². The number of anilines is 1. The molecule has 0 radical (unpaired) electrons. The van der Waals surface area contributed by atoms with Gasteiger partial charge in [0.1, 0.15) is 25.3 Å². The number of carboxylic acids is 1. The quantitative estimate of drug-likeness (QED) is 0.128. The smallest absolute Gasteiger partial charge is 0.345 e. The summed E-state index contributed by atoms with van der Waals surface area (Å²) in [5.41, 5.74) is 6.21. The SMILES string of the molecule is NNc1cccnc1.O=C(NCc1cccnc1)[C@@H]1CC[C@@H]2CN1C(=O)N2OCc1ccccc1.O=C(O)[C@@H]1CC[C@@H]2CN1C(=O)N2OCc1ccccc1. The Labute approximate surface area is 318 Å². The van der Waals surface area contributed by atoms with Gasteiger partial charge < -0.3 is 25.6 Å². The molecule has 4 atom stereocenters. The number of carbonyl (C=O) groups excluding carboxylic acids is 3. The number of nitrogen functional groups attached to an aromatic ring is 1. The number of amides is 5. The second kappa shape index (κ2) is 18.8. The summed E-state index contributed by atoms with van der Waals surface area (Å²) in [5, 5.41) is 14.8. The number of aliphatic carboxylic acids is 1. The number of nitrogens with one attached hydrogen (secondary N) is 2. The second-order valence-electron chi connectivity index (χ2n) is 13.3. The molecule has 6 heterocycles. The maximum atomic E-state index is 12.7. The number of nitrogens with two attached hydrogens (primary N) is 1. The van der Waals surface area contributed by atoms with Crippen LogP contribution in [0.3, 0.4) is 0 Å². The normalized spacial score (nSPS) is 20.9. The van der Waals surface area contributed by atoms with Crippen molar-refractivity contribution in [1.29, 1.82) is 0 Å². The zero-order valence-electron chi connectivity index (χ0n) is 30.2. The van der Waals surface area contributed by atoms with Gasteiger partial charge in [-0.1, -0.05) is 66.7 Å². The minimum atomic E-state index is -0.943. The molecule has 4 saturated heterocycles. The average Bonchev–Trinajstić information content (AvgIpc) is 3.62. The van der Waals surface area contributed by atoms with Crippen molar-refractivity contribution in [2.75, 3.05) is 18.5 Å². The molecule has 4 bridgehead atoms. The number of hydrogen-bond acceptors (Lipinski definition) is 10. The van der Waals surface area contributed by atoms with Crippen LogP contribution in [-0.4, -0.2) is 96.2 Å².